The molecule has 0 spiro atoms. The molecule has 1 N–H and O–H groups in total. The first-order valence-corrected chi connectivity index (χ1v) is 8.24. The topological polar surface area (TPSA) is 76.1 Å². The maximum atomic E-state index is 12.3. The van der Waals surface area contributed by atoms with Gasteiger partial charge in [0.2, 0.25) is 0 Å². The van der Waals surface area contributed by atoms with Crippen LogP contribution in [0.5, 0.6) is 5.75 Å². The molecule has 0 heterocycles. The summed E-state index contributed by atoms with van der Waals surface area (Å²) in [6.45, 7) is 5.11. The van der Waals surface area contributed by atoms with Gasteiger partial charge in [0.05, 0.1) is 0 Å². The van der Waals surface area contributed by atoms with Gasteiger partial charge in [0.25, 0.3) is 0 Å². The SMILES string of the molecule is CC(C)(C)OC(=O)N(CC(=O)O)c1ccc(OCc2ccccc2)cc1. The van der Waals surface area contributed by atoms with Gasteiger partial charge in [-0.1, -0.05) is 30.3 Å². The van der Waals surface area contributed by atoms with Gasteiger partial charge in [0.1, 0.15) is 24.5 Å². The van der Waals surface area contributed by atoms with Crippen LogP contribution in [0.4, 0.5) is 10.5 Å². The number of amides is 1. The first-order valence-electron chi connectivity index (χ1n) is 8.24. The second kappa shape index (κ2) is 8.38. The predicted octanol–water partition coefficient (Wildman–Crippen LogP) is 4.09. The summed E-state index contributed by atoms with van der Waals surface area (Å²) < 4.78 is 11.0. The molecular formula is C20H23NO5. The molecule has 1 amide bonds. The van der Waals surface area contributed by atoms with Crippen LogP contribution in [0.2, 0.25) is 0 Å². The number of benzene rings is 2. The minimum Gasteiger partial charge on any atom is -0.489 e. The van der Waals surface area contributed by atoms with Crippen molar-refractivity contribution < 1.29 is 24.2 Å². The number of carbonyl (C=O) groups excluding carboxylic acids is 1. The van der Waals surface area contributed by atoms with E-state index in [0.29, 0.717) is 18.0 Å². The third-order valence-electron chi connectivity index (χ3n) is 3.30. The number of carboxylic acids is 1. The van der Waals surface area contributed by atoms with Gasteiger partial charge in [0.15, 0.2) is 0 Å². The summed E-state index contributed by atoms with van der Waals surface area (Å²) in [4.78, 5) is 24.5. The van der Waals surface area contributed by atoms with Gasteiger partial charge in [-0.2, -0.15) is 0 Å². The standard InChI is InChI=1S/C20H23NO5/c1-20(2,3)26-19(24)21(13-18(22)23)16-9-11-17(12-10-16)25-14-15-7-5-4-6-8-15/h4-12H,13-14H2,1-3H3,(H,22,23). The van der Waals surface area contributed by atoms with Crippen molar-refractivity contribution in [1.82, 2.24) is 0 Å². The quantitative estimate of drug-likeness (QED) is 0.842. The van der Waals surface area contributed by atoms with Crippen LogP contribution in [0.15, 0.2) is 54.6 Å². The Morgan fingerprint density at radius 3 is 2.15 bits per heavy atom. The van der Waals surface area contributed by atoms with Crippen LogP contribution < -0.4 is 9.64 Å². The summed E-state index contributed by atoms with van der Waals surface area (Å²) in [5.41, 5.74) is 0.749. The minimum absolute atomic E-state index is 0.422. The molecular weight excluding hydrogens is 334 g/mol. The molecule has 0 bridgehead atoms. The lowest BCUT2D eigenvalue weighted by Crippen LogP contribution is -2.39. The minimum atomic E-state index is -1.12. The summed E-state index contributed by atoms with van der Waals surface area (Å²) >= 11 is 0. The third kappa shape index (κ3) is 6.12. The number of anilines is 1. The van der Waals surface area contributed by atoms with Crippen molar-refractivity contribution in [3.63, 3.8) is 0 Å². The predicted molar refractivity (Wildman–Crippen MR) is 98.4 cm³/mol. The Morgan fingerprint density at radius 2 is 1.62 bits per heavy atom. The molecule has 0 saturated carbocycles. The van der Waals surface area contributed by atoms with Crippen molar-refractivity contribution in [2.75, 3.05) is 11.4 Å². The zero-order chi connectivity index (χ0) is 19.2. The highest BCUT2D eigenvalue weighted by molar-refractivity contribution is 5.93. The summed E-state index contributed by atoms with van der Waals surface area (Å²) in [5, 5.41) is 9.08. The Hall–Kier alpha value is -3.02. The van der Waals surface area contributed by atoms with Crippen LogP contribution in [0.3, 0.4) is 0 Å². The van der Waals surface area contributed by atoms with Gasteiger partial charge < -0.3 is 14.6 Å². The number of carboxylic acid groups (broad SMARTS) is 1. The van der Waals surface area contributed by atoms with Crippen molar-refractivity contribution in [3.8, 4) is 5.75 Å². The van der Waals surface area contributed by atoms with E-state index in [2.05, 4.69) is 0 Å². The van der Waals surface area contributed by atoms with E-state index in [1.54, 1.807) is 45.0 Å². The van der Waals surface area contributed by atoms with Gasteiger partial charge in [0, 0.05) is 5.69 Å². The number of nitrogens with zero attached hydrogens (tertiary/aromatic N) is 1. The van der Waals surface area contributed by atoms with Gasteiger partial charge in [-0.25, -0.2) is 4.79 Å². The van der Waals surface area contributed by atoms with Crippen LogP contribution in [-0.2, 0) is 16.1 Å². The lowest BCUT2D eigenvalue weighted by molar-refractivity contribution is -0.135. The van der Waals surface area contributed by atoms with E-state index in [-0.39, 0.29) is 0 Å². The summed E-state index contributed by atoms with van der Waals surface area (Å²) in [6.07, 6.45) is -0.710. The largest absolute Gasteiger partial charge is 0.489 e. The third-order valence-corrected chi connectivity index (χ3v) is 3.30. The van der Waals surface area contributed by atoms with Crippen LogP contribution in [0.1, 0.15) is 26.3 Å². The average Bonchev–Trinajstić information content (AvgIpc) is 2.57. The van der Waals surface area contributed by atoms with E-state index >= 15 is 0 Å². The van der Waals surface area contributed by atoms with E-state index in [1.807, 2.05) is 30.3 Å². The zero-order valence-electron chi connectivity index (χ0n) is 15.1. The second-order valence-corrected chi connectivity index (χ2v) is 6.73. The Morgan fingerprint density at radius 1 is 1.00 bits per heavy atom. The van der Waals surface area contributed by atoms with E-state index in [9.17, 15) is 9.59 Å². The van der Waals surface area contributed by atoms with Crippen LogP contribution >= 0.6 is 0 Å². The molecule has 0 aliphatic heterocycles. The van der Waals surface area contributed by atoms with Crippen molar-refractivity contribution in [2.45, 2.75) is 33.0 Å². The molecule has 2 aromatic carbocycles. The molecule has 0 aromatic heterocycles. The molecule has 0 radical (unpaired) electrons. The highest BCUT2D eigenvalue weighted by Gasteiger charge is 2.25. The molecule has 138 valence electrons. The highest BCUT2D eigenvalue weighted by atomic mass is 16.6. The van der Waals surface area contributed by atoms with Gasteiger partial charge >= 0.3 is 12.1 Å². The van der Waals surface area contributed by atoms with E-state index in [0.717, 1.165) is 10.5 Å². The fourth-order valence-corrected chi connectivity index (χ4v) is 2.18. The molecule has 0 unspecified atom stereocenters. The molecule has 0 aliphatic rings. The number of hydrogen-bond donors (Lipinski definition) is 1. The van der Waals surface area contributed by atoms with Gasteiger partial charge in [-0.15, -0.1) is 0 Å². The fourth-order valence-electron chi connectivity index (χ4n) is 2.18. The van der Waals surface area contributed by atoms with Crippen molar-refractivity contribution in [2.24, 2.45) is 0 Å². The van der Waals surface area contributed by atoms with E-state index < -0.39 is 24.2 Å². The Bertz CT molecular complexity index is 735. The summed E-state index contributed by atoms with van der Waals surface area (Å²) in [6, 6.07) is 16.4. The Labute approximate surface area is 153 Å². The molecule has 2 aromatic rings. The normalized spacial score (nSPS) is 10.9. The number of rotatable bonds is 6. The first-order chi connectivity index (χ1) is 12.2. The molecule has 0 atom stereocenters. The summed E-state index contributed by atoms with van der Waals surface area (Å²) in [5.74, 6) is -0.502. The Balaban J connectivity index is 2.08. The highest BCUT2D eigenvalue weighted by Crippen LogP contribution is 2.22. The maximum absolute atomic E-state index is 12.3. The summed E-state index contributed by atoms with van der Waals surface area (Å²) in [7, 11) is 0. The average molecular weight is 357 g/mol. The van der Waals surface area contributed by atoms with Crippen LogP contribution in [0.25, 0.3) is 0 Å². The molecule has 6 heteroatoms. The molecule has 0 aliphatic carbocycles. The van der Waals surface area contributed by atoms with E-state index in [4.69, 9.17) is 14.6 Å². The van der Waals surface area contributed by atoms with Crippen molar-refractivity contribution in [1.29, 1.82) is 0 Å². The zero-order valence-corrected chi connectivity index (χ0v) is 15.1. The fraction of sp³-hybridized carbons (Fsp3) is 0.300. The monoisotopic (exact) mass is 357 g/mol. The lowest BCUT2D eigenvalue weighted by Gasteiger charge is -2.26. The maximum Gasteiger partial charge on any atom is 0.415 e. The number of aliphatic carboxylic acids is 1. The van der Waals surface area contributed by atoms with Crippen molar-refractivity contribution in [3.05, 3.63) is 60.2 Å². The smallest absolute Gasteiger partial charge is 0.415 e. The van der Waals surface area contributed by atoms with Gasteiger partial charge in [-0.3, -0.25) is 9.69 Å². The van der Waals surface area contributed by atoms with Gasteiger partial charge in [-0.05, 0) is 50.6 Å². The lowest BCUT2D eigenvalue weighted by atomic mass is 10.2. The molecule has 0 fully saturated rings. The van der Waals surface area contributed by atoms with Crippen LogP contribution in [0, 0.1) is 0 Å². The molecule has 6 nitrogen and oxygen atoms in total. The van der Waals surface area contributed by atoms with E-state index in [1.165, 1.54) is 0 Å². The molecule has 2 rings (SSSR count). The van der Waals surface area contributed by atoms with Crippen molar-refractivity contribution >= 4 is 17.7 Å². The number of ether oxygens (including phenoxy) is 2. The molecule has 0 saturated heterocycles. The second-order valence-electron chi connectivity index (χ2n) is 6.73. The molecule has 26 heavy (non-hydrogen) atoms. The van der Waals surface area contributed by atoms with Crippen LogP contribution in [-0.4, -0.2) is 29.3 Å². The Kier molecular flexibility index (Phi) is 6.22. The first kappa shape index (κ1) is 19.3. The number of hydrogen-bond acceptors (Lipinski definition) is 4. The number of carbonyl (C=O) groups is 2.